The first-order valence-corrected chi connectivity index (χ1v) is 8.88. The number of carboxylic acids is 1. The Morgan fingerprint density at radius 1 is 1.04 bits per heavy atom. The smallest absolute Gasteiger partial charge is 0.311 e. The first-order chi connectivity index (χ1) is 12.0. The molecule has 1 aliphatic carbocycles. The summed E-state index contributed by atoms with van der Waals surface area (Å²) in [5, 5.41) is 15.1. The van der Waals surface area contributed by atoms with Crippen molar-refractivity contribution in [1.82, 2.24) is 10.6 Å². The third-order valence-corrected chi connectivity index (χ3v) is 4.77. The van der Waals surface area contributed by atoms with E-state index in [4.69, 9.17) is 0 Å². The van der Waals surface area contributed by atoms with Crippen molar-refractivity contribution in [2.45, 2.75) is 45.4 Å². The molecule has 3 N–H and O–H groups in total. The van der Waals surface area contributed by atoms with E-state index in [0.29, 0.717) is 30.5 Å². The van der Waals surface area contributed by atoms with Crippen LogP contribution in [0.4, 0.5) is 0 Å². The molecule has 0 heterocycles. The lowest BCUT2D eigenvalue weighted by atomic mass is 9.74. The molecule has 1 aromatic carbocycles. The van der Waals surface area contributed by atoms with Crippen LogP contribution >= 0.6 is 0 Å². The van der Waals surface area contributed by atoms with Crippen molar-refractivity contribution in [2.75, 3.05) is 13.1 Å². The fourth-order valence-electron chi connectivity index (χ4n) is 3.19. The second-order valence-electron chi connectivity index (χ2n) is 6.67. The number of hydrogen-bond donors (Lipinski definition) is 3. The van der Waals surface area contributed by atoms with Gasteiger partial charge in [0, 0.05) is 24.2 Å². The van der Waals surface area contributed by atoms with Gasteiger partial charge in [0.1, 0.15) is 0 Å². The van der Waals surface area contributed by atoms with Crippen molar-refractivity contribution < 1.29 is 19.5 Å². The molecule has 0 aromatic heterocycles. The van der Waals surface area contributed by atoms with E-state index >= 15 is 0 Å². The van der Waals surface area contributed by atoms with Gasteiger partial charge in [-0.25, -0.2) is 0 Å². The number of nitrogens with one attached hydrogen (secondary N) is 2. The number of aliphatic carboxylic acids is 1. The summed E-state index contributed by atoms with van der Waals surface area (Å²) in [6, 6.07) is 6.47. The van der Waals surface area contributed by atoms with Crippen LogP contribution in [-0.2, 0) is 4.79 Å². The standard InChI is InChI=1S/C19H26N2O4/c1-2-11-20-16(22)14-7-6-8-15(12-14)17(23)21-13-19(18(24)25)9-4-3-5-10-19/h6-8,12H,2-5,9-11,13H2,1H3,(H,20,22)(H,21,23)(H,24,25). The van der Waals surface area contributed by atoms with E-state index in [2.05, 4.69) is 10.6 Å². The zero-order valence-electron chi connectivity index (χ0n) is 14.6. The highest BCUT2D eigenvalue weighted by molar-refractivity contribution is 5.99. The van der Waals surface area contributed by atoms with Crippen LogP contribution in [0.3, 0.4) is 0 Å². The first kappa shape index (κ1) is 19.0. The van der Waals surface area contributed by atoms with Gasteiger partial charge in [-0.2, -0.15) is 0 Å². The Labute approximate surface area is 148 Å². The highest BCUT2D eigenvalue weighted by Gasteiger charge is 2.39. The van der Waals surface area contributed by atoms with Crippen molar-refractivity contribution >= 4 is 17.8 Å². The molecule has 6 heteroatoms. The summed E-state index contributed by atoms with van der Waals surface area (Å²) in [4.78, 5) is 36.1. The normalized spacial score (nSPS) is 16.0. The van der Waals surface area contributed by atoms with E-state index in [1.807, 2.05) is 6.92 Å². The SMILES string of the molecule is CCCNC(=O)c1cccc(C(=O)NCC2(C(=O)O)CCCCC2)c1. The van der Waals surface area contributed by atoms with Crippen molar-refractivity contribution in [1.29, 1.82) is 0 Å². The zero-order valence-corrected chi connectivity index (χ0v) is 14.6. The van der Waals surface area contributed by atoms with E-state index in [1.54, 1.807) is 18.2 Å². The average molecular weight is 346 g/mol. The molecule has 0 atom stereocenters. The number of carbonyl (C=O) groups is 3. The van der Waals surface area contributed by atoms with E-state index in [1.165, 1.54) is 6.07 Å². The molecule has 1 aromatic rings. The van der Waals surface area contributed by atoms with Gasteiger partial charge in [0.25, 0.3) is 11.8 Å². The Kier molecular flexibility index (Phi) is 6.56. The molecule has 0 bridgehead atoms. The summed E-state index contributed by atoms with van der Waals surface area (Å²) in [7, 11) is 0. The molecule has 0 spiro atoms. The van der Waals surface area contributed by atoms with Crippen molar-refractivity contribution in [3.8, 4) is 0 Å². The Morgan fingerprint density at radius 2 is 1.64 bits per heavy atom. The van der Waals surface area contributed by atoms with E-state index in [9.17, 15) is 19.5 Å². The number of amides is 2. The fourth-order valence-corrected chi connectivity index (χ4v) is 3.19. The molecule has 6 nitrogen and oxygen atoms in total. The maximum Gasteiger partial charge on any atom is 0.311 e. The highest BCUT2D eigenvalue weighted by atomic mass is 16.4. The Hall–Kier alpha value is -2.37. The lowest BCUT2D eigenvalue weighted by Gasteiger charge is -2.33. The summed E-state index contributed by atoms with van der Waals surface area (Å²) >= 11 is 0. The van der Waals surface area contributed by atoms with Gasteiger partial charge < -0.3 is 15.7 Å². The third kappa shape index (κ3) is 4.81. The predicted molar refractivity (Wildman–Crippen MR) is 94.6 cm³/mol. The van der Waals surface area contributed by atoms with Gasteiger partial charge >= 0.3 is 5.97 Å². The van der Waals surface area contributed by atoms with Gasteiger partial charge in [0.2, 0.25) is 0 Å². The molecule has 0 aliphatic heterocycles. The molecular formula is C19H26N2O4. The molecule has 25 heavy (non-hydrogen) atoms. The fraction of sp³-hybridized carbons (Fsp3) is 0.526. The molecule has 2 amide bonds. The number of carbonyl (C=O) groups excluding carboxylic acids is 2. The van der Waals surface area contributed by atoms with Gasteiger partial charge in [-0.15, -0.1) is 0 Å². The Bertz CT molecular complexity index is 636. The summed E-state index contributed by atoms with van der Waals surface area (Å²) in [5.41, 5.74) is -0.0866. The second kappa shape index (κ2) is 8.65. The summed E-state index contributed by atoms with van der Waals surface area (Å²) < 4.78 is 0. The van der Waals surface area contributed by atoms with Gasteiger partial charge in [-0.05, 0) is 37.5 Å². The minimum absolute atomic E-state index is 0.118. The lowest BCUT2D eigenvalue weighted by molar-refractivity contribution is -0.150. The second-order valence-corrected chi connectivity index (χ2v) is 6.67. The van der Waals surface area contributed by atoms with Crippen LogP contribution < -0.4 is 10.6 Å². The van der Waals surface area contributed by atoms with E-state index in [0.717, 1.165) is 25.7 Å². The maximum absolute atomic E-state index is 12.4. The van der Waals surface area contributed by atoms with E-state index in [-0.39, 0.29) is 18.4 Å². The molecule has 0 unspecified atom stereocenters. The van der Waals surface area contributed by atoms with Crippen molar-refractivity contribution in [3.63, 3.8) is 0 Å². The predicted octanol–water partition coefficient (Wildman–Crippen LogP) is 2.59. The summed E-state index contributed by atoms with van der Waals surface area (Å²) in [6.45, 7) is 2.66. The molecule has 136 valence electrons. The number of benzene rings is 1. The van der Waals surface area contributed by atoms with Crippen LogP contribution in [0.25, 0.3) is 0 Å². The zero-order chi connectivity index (χ0) is 18.3. The summed E-state index contributed by atoms with van der Waals surface area (Å²) in [6.07, 6.45) is 4.79. The minimum Gasteiger partial charge on any atom is -0.481 e. The van der Waals surface area contributed by atoms with Gasteiger partial charge in [-0.1, -0.05) is 32.3 Å². The van der Waals surface area contributed by atoms with Crippen LogP contribution in [0, 0.1) is 5.41 Å². The summed E-state index contributed by atoms with van der Waals surface area (Å²) in [5.74, 6) is -1.41. The molecule has 0 saturated heterocycles. The van der Waals surface area contributed by atoms with E-state index < -0.39 is 11.4 Å². The maximum atomic E-state index is 12.4. The third-order valence-electron chi connectivity index (χ3n) is 4.77. The van der Waals surface area contributed by atoms with Crippen LogP contribution in [0.15, 0.2) is 24.3 Å². The number of rotatable bonds is 7. The van der Waals surface area contributed by atoms with Gasteiger partial charge in [0.05, 0.1) is 5.41 Å². The van der Waals surface area contributed by atoms with Crippen LogP contribution in [-0.4, -0.2) is 36.0 Å². The minimum atomic E-state index is -0.871. The number of hydrogen-bond acceptors (Lipinski definition) is 3. The molecule has 1 saturated carbocycles. The van der Waals surface area contributed by atoms with Crippen LogP contribution in [0.1, 0.15) is 66.2 Å². The quantitative estimate of drug-likeness (QED) is 0.707. The molecular weight excluding hydrogens is 320 g/mol. The molecule has 0 radical (unpaired) electrons. The highest BCUT2D eigenvalue weighted by Crippen LogP contribution is 2.36. The Balaban J connectivity index is 2.03. The van der Waals surface area contributed by atoms with Crippen molar-refractivity contribution in [2.24, 2.45) is 5.41 Å². The topological polar surface area (TPSA) is 95.5 Å². The van der Waals surface area contributed by atoms with Gasteiger partial charge in [0.15, 0.2) is 0 Å². The van der Waals surface area contributed by atoms with Crippen LogP contribution in [0.5, 0.6) is 0 Å². The molecule has 1 aliphatic rings. The van der Waals surface area contributed by atoms with Crippen molar-refractivity contribution in [3.05, 3.63) is 35.4 Å². The Morgan fingerprint density at radius 3 is 2.20 bits per heavy atom. The van der Waals surface area contributed by atoms with Crippen LogP contribution in [0.2, 0.25) is 0 Å². The average Bonchev–Trinajstić information content (AvgIpc) is 2.64. The monoisotopic (exact) mass is 346 g/mol. The molecule has 2 rings (SSSR count). The lowest BCUT2D eigenvalue weighted by Crippen LogP contribution is -2.44. The number of carboxylic acid groups (broad SMARTS) is 1. The van der Waals surface area contributed by atoms with Gasteiger partial charge in [-0.3, -0.25) is 14.4 Å². The molecule has 1 fully saturated rings. The first-order valence-electron chi connectivity index (χ1n) is 8.88. The largest absolute Gasteiger partial charge is 0.481 e.